The van der Waals surface area contributed by atoms with E-state index >= 15 is 0 Å². The molecule has 4 rings (SSSR count). The van der Waals surface area contributed by atoms with Crippen molar-refractivity contribution in [3.63, 3.8) is 0 Å². The third-order valence-electron chi connectivity index (χ3n) is 5.48. The maximum absolute atomic E-state index is 12.9. The predicted octanol–water partition coefficient (Wildman–Crippen LogP) is 2.19. The maximum Gasteiger partial charge on any atom is 0.410 e. The van der Waals surface area contributed by atoms with Crippen LogP contribution in [-0.2, 0) is 15.1 Å². The summed E-state index contributed by atoms with van der Waals surface area (Å²) >= 11 is 0. The highest BCUT2D eigenvalue weighted by atomic mass is 16.6. The lowest BCUT2D eigenvalue weighted by Gasteiger charge is -2.27. The first kappa shape index (κ1) is 18.7. The van der Waals surface area contributed by atoms with Gasteiger partial charge in [-0.2, -0.15) is 0 Å². The molecule has 2 aliphatic rings. The summed E-state index contributed by atoms with van der Waals surface area (Å²) in [5.41, 5.74) is -0.240. The summed E-state index contributed by atoms with van der Waals surface area (Å²) in [4.78, 5) is 35.4. The molecule has 1 saturated heterocycles. The van der Waals surface area contributed by atoms with Crippen LogP contribution in [0, 0.1) is 17.8 Å². The Balaban J connectivity index is 1.38. The van der Waals surface area contributed by atoms with Crippen molar-refractivity contribution < 1.29 is 14.3 Å². The van der Waals surface area contributed by atoms with Crippen LogP contribution in [0.3, 0.4) is 0 Å². The molecule has 2 fully saturated rings. The van der Waals surface area contributed by atoms with Gasteiger partial charge in [-0.25, -0.2) is 9.78 Å². The number of amides is 2. The molecule has 1 aliphatic carbocycles. The molecular formula is C20H27N5O3. The van der Waals surface area contributed by atoms with Crippen molar-refractivity contribution in [3.8, 4) is 0 Å². The van der Waals surface area contributed by atoms with E-state index in [9.17, 15) is 9.59 Å². The van der Waals surface area contributed by atoms with Crippen LogP contribution in [0.2, 0.25) is 0 Å². The van der Waals surface area contributed by atoms with Crippen molar-refractivity contribution in [2.75, 3.05) is 13.1 Å². The molecule has 150 valence electrons. The largest absolute Gasteiger partial charge is 0.444 e. The Morgan fingerprint density at radius 2 is 1.82 bits per heavy atom. The molecule has 0 bridgehead atoms. The van der Waals surface area contributed by atoms with Crippen molar-refractivity contribution in [2.24, 2.45) is 17.8 Å². The van der Waals surface area contributed by atoms with Gasteiger partial charge in [-0.3, -0.25) is 14.2 Å². The number of nitrogens with zero attached hydrogens (tertiary/aromatic N) is 4. The molecule has 28 heavy (non-hydrogen) atoms. The van der Waals surface area contributed by atoms with Crippen molar-refractivity contribution >= 4 is 17.5 Å². The summed E-state index contributed by atoms with van der Waals surface area (Å²) in [5, 5.41) is 3.15. The molecule has 3 heterocycles. The molecule has 1 N–H and O–H groups in total. The van der Waals surface area contributed by atoms with Gasteiger partial charge < -0.3 is 15.0 Å². The second kappa shape index (κ2) is 6.18. The quantitative estimate of drug-likeness (QED) is 0.875. The van der Waals surface area contributed by atoms with Crippen LogP contribution in [0.15, 0.2) is 24.8 Å². The highest BCUT2D eigenvalue weighted by molar-refractivity contribution is 5.84. The Hall–Kier alpha value is -2.64. The molecule has 8 nitrogen and oxygen atoms in total. The minimum Gasteiger partial charge on any atom is -0.444 e. The average molecular weight is 385 g/mol. The van der Waals surface area contributed by atoms with Gasteiger partial charge in [0.2, 0.25) is 5.91 Å². The Bertz CT molecular complexity index is 917. The third-order valence-corrected chi connectivity index (χ3v) is 5.48. The van der Waals surface area contributed by atoms with Gasteiger partial charge in [0.1, 0.15) is 11.4 Å². The molecule has 8 heteroatoms. The fourth-order valence-corrected chi connectivity index (χ4v) is 4.15. The molecule has 2 atom stereocenters. The number of rotatable bonds is 3. The monoisotopic (exact) mass is 385 g/mol. The Labute approximate surface area is 164 Å². The summed E-state index contributed by atoms with van der Waals surface area (Å²) in [5.74, 6) is 1.16. The zero-order chi connectivity index (χ0) is 20.3. The number of likely N-dealkylation sites (tertiary alicyclic amines) is 1. The third kappa shape index (κ3) is 3.31. The van der Waals surface area contributed by atoms with Crippen LogP contribution in [0.25, 0.3) is 5.52 Å². The van der Waals surface area contributed by atoms with Crippen molar-refractivity contribution in [2.45, 2.75) is 45.8 Å². The minimum atomic E-state index is -0.618. The summed E-state index contributed by atoms with van der Waals surface area (Å²) in [6.07, 6.45) is 6.74. The van der Waals surface area contributed by atoms with Crippen molar-refractivity contribution in [3.05, 3.63) is 30.6 Å². The van der Waals surface area contributed by atoms with Crippen LogP contribution < -0.4 is 5.32 Å². The van der Waals surface area contributed by atoms with Gasteiger partial charge in [0.15, 0.2) is 0 Å². The molecule has 2 aromatic rings. The smallest absolute Gasteiger partial charge is 0.410 e. The number of hydrogen-bond donors (Lipinski definition) is 1. The number of carbonyl (C=O) groups is 2. The topological polar surface area (TPSA) is 88.8 Å². The van der Waals surface area contributed by atoms with Gasteiger partial charge in [-0.15, -0.1) is 0 Å². The van der Waals surface area contributed by atoms with Crippen LogP contribution in [0.5, 0.6) is 0 Å². The number of imidazole rings is 1. The van der Waals surface area contributed by atoms with Crippen LogP contribution in [-0.4, -0.2) is 50.0 Å². The van der Waals surface area contributed by atoms with Crippen molar-refractivity contribution in [1.29, 1.82) is 0 Å². The molecule has 2 amide bonds. The van der Waals surface area contributed by atoms with Gasteiger partial charge in [-0.05, 0) is 46.5 Å². The van der Waals surface area contributed by atoms with Crippen LogP contribution in [0.1, 0.15) is 40.4 Å². The number of piperidine rings is 1. The number of nitrogens with one attached hydrogen (secondary N) is 1. The number of carbonyl (C=O) groups excluding carboxylic acids is 2. The van der Waals surface area contributed by atoms with E-state index in [1.54, 1.807) is 23.5 Å². The number of ether oxygens (including phenoxy) is 1. The molecule has 1 aliphatic heterocycles. The summed E-state index contributed by atoms with van der Waals surface area (Å²) in [7, 11) is 0. The lowest BCUT2D eigenvalue weighted by atomic mass is 10.0. The van der Waals surface area contributed by atoms with E-state index < -0.39 is 11.1 Å². The second-order valence-electron chi connectivity index (χ2n) is 9.31. The fraction of sp³-hybridized carbons (Fsp3) is 0.600. The first-order chi connectivity index (χ1) is 13.1. The van der Waals surface area contributed by atoms with Crippen LogP contribution >= 0.6 is 0 Å². The normalized spacial score (nSPS) is 24.2. The molecule has 1 saturated carbocycles. The van der Waals surface area contributed by atoms with E-state index in [0.29, 0.717) is 13.1 Å². The highest BCUT2D eigenvalue weighted by Gasteiger charge is 2.61. The number of hydrogen-bond acceptors (Lipinski definition) is 5. The summed E-state index contributed by atoms with van der Waals surface area (Å²) < 4.78 is 7.36. The predicted molar refractivity (Wildman–Crippen MR) is 102 cm³/mol. The Kier molecular flexibility index (Phi) is 4.13. The molecule has 2 unspecified atom stereocenters. The summed E-state index contributed by atoms with van der Waals surface area (Å²) in [6.45, 7) is 10.6. The van der Waals surface area contributed by atoms with E-state index in [4.69, 9.17) is 4.74 Å². The first-order valence-corrected chi connectivity index (χ1v) is 9.64. The molecular weight excluding hydrogens is 358 g/mol. The number of aromatic nitrogens is 3. The summed E-state index contributed by atoms with van der Waals surface area (Å²) in [6, 6.07) is 0. The first-order valence-electron chi connectivity index (χ1n) is 9.64. The van der Waals surface area contributed by atoms with Gasteiger partial charge in [0.05, 0.1) is 23.4 Å². The Morgan fingerprint density at radius 3 is 2.46 bits per heavy atom. The standard InChI is InChI=1S/C20H27N5O3/c1-19(2,3)28-18(27)24-10-13-14(11-24)15(13)16(26)23-20(4,5)17-22-9-12-8-21-6-7-25(12)17/h6-9,13-15H,10-11H2,1-5H3,(H,23,26). The van der Waals surface area contributed by atoms with Gasteiger partial charge >= 0.3 is 6.09 Å². The van der Waals surface area contributed by atoms with Crippen LogP contribution in [0.4, 0.5) is 4.79 Å². The van der Waals surface area contributed by atoms with E-state index in [0.717, 1.165) is 11.3 Å². The second-order valence-corrected chi connectivity index (χ2v) is 9.31. The molecule has 2 aromatic heterocycles. The lowest BCUT2D eigenvalue weighted by molar-refractivity contribution is -0.125. The highest BCUT2D eigenvalue weighted by Crippen LogP contribution is 2.52. The minimum absolute atomic E-state index is 0.0228. The maximum atomic E-state index is 12.9. The van der Waals surface area contributed by atoms with Crippen molar-refractivity contribution in [1.82, 2.24) is 24.6 Å². The van der Waals surface area contributed by atoms with Gasteiger partial charge in [-0.1, -0.05) is 0 Å². The zero-order valence-corrected chi connectivity index (χ0v) is 17.0. The molecule has 0 spiro atoms. The average Bonchev–Trinajstić information content (AvgIpc) is 2.96. The zero-order valence-electron chi connectivity index (χ0n) is 17.0. The number of fused-ring (bicyclic) bond motifs is 2. The van der Waals surface area contributed by atoms with E-state index in [-0.39, 0.29) is 29.8 Å². The Morgan fingerprint density at radius 1 is 1.14 bits per heavy atom. The lowest BCUT2D eigenvalue weighted by Crippen LogP contribution is -2.45. The molecule has 0 aromatic carbocycles. The van der Waals surface area contributed by atoms with E-state index in [2.05, 4.69) is 15.3 Å². The van der Waals surface area contributed by atoms with E-state index in [1.807, 2.05) is 45.2 Å². The van der Waals surface area contributed by atoms with Gasteiger partial charge in [0.25, 0.3) is 0 Å². The SMILES string of the molecule is CC(C)(C)OC(=O)N1CC2C(C1)C2C(=O)NC(C)(C)c1ncc2cnccn12. The van der Waals surface area contributed by atoms with E-state index in [1.165, 1.54) is 0 Å². The fourth-order valence-electron chi connectivity index (χ4n) is 4.15. The molecule has 0 radical (unpaired) electrons. The van der Waals surface area contributed by atoms with Gasteiger partial charge in [0, 0.05) is 31.4 Å².